The zero-order valence-electron chi connectivity index (χ0n) is 21.7. The minimum Gasteiger partial charge on any atom is -0.378 e. The quantitative estimate of drug-likeness (QED) is 0.550. The second-order valence-electron chi connectivity index (χ2n) is 11.0. The number of nitrogens with zero attached hydrogens (tertiary/aromatic N) is 3. The number of nitrogens with one attached hydrogen (secondary N) is 2. The molecular weight excluding hydrogens is 506 g/mol. The van der Waals surface area contributed by atoms with E-state index in [9.17, 15) is 13.2 Å². The Labute approximate surface area is 223 Å². The number of pyridine rings is 1. The summed E-state index contributed by atoms with van der Waals surface area (Å²) in [6, 6.07) is 10.8. The van der Waals surface area contributed by atoms with Crippen LogP contribution in [0.15, 0.2) is 36.4 Å². The van der Waals surface area contributed by atoms with Gasteiger partial charge in [-0.15, -0.1) is 0 Å². The van der Waals surface area contributed by atoms with Gasteiger partial charge in [0.25, 0.3) is 5.91 Å². The normalized spacial score (nSPS) is 23.1. The van der Waals surface area contributed by atoms with Gasteiger partial charge >= 0.3 is 0 Å². The predicted molar refractivity (Wildman–Crippen MR) is 147 cm³/mol. The lowest BCUT2D eigenvalue weighted by Gasteiger charge is -2.35. The van der Waals surface area contributed by atoms with Gasteiger partial charge in [0, 0.05) is 26.2 Å². The molecule has 1 aliphatic carbocycles. The van der Waals surface area contributed by atoms with Crippen LogP contribution in [0.4, 0.5) is 23.0 Å². The maximum Gasteiger partial charge on any atom is 0.258 e. The molecule has 1 spiro atoms. The SMILES string of the molecule is C[C@@H]1CN(c2cccc(NC(=O)c3ccc(NS(=O)(=O)C4COC4)cc3N3CCC4(CC3)CC4)n2)CCO1. The molecule has 1 aromatic heterocycles. The van der Waals surface area contributed by atoms with E-state index in [1.807, 2.05) is 19.1 Å². The Morgan fingerprint density at radius 3 is 2.53 bits per heavy atom. The lowest BCUT2D eigenvalue weighted by Crippen LogP contribution is -2.43. The van der Waals surface area contributed by atoms with Crippen molar-refractivity contribution < 1.29 is 22.7 Å². The molecule has 0 bridgehead atoms. The molecule has 204 valence electrons. The number of anilines is 4. The van der Waals surface area contributed by atoms with E-state index in [1.165, 1.54) is 12.8 Å². The van der Waals surface area contributed by atoms with Crippen LogP contribution in [-0.4, -0.2) is 76.7 Å². The molecule has 11 heteroatoms. The summed E-state index contributed by atoms with van der Waals surface area (Å²) < 4.78 is 38.8. The third-order valence-corrected chi connectivity index (χ3v) is 9.88. The second kappa shape index (κ2) is 10.0. The van der Waals surface area contributed by atoms with Gasteiger partial charge in [-0.1, -0.05) is 6.07 Å². The highest BCUT2D eigenvalue weighted by molar-refractivity contribution is 7.93. The number of aromatic nitrogens is 1. The molecule has 3 aliphatic heterocycles. The molecule has 2 aromatic rings. The van der Waals surface area contributed by atoms with Crippen LogP contribution < -0.4 is 19.8 Å². The van der Waals surface area contributed by atoms with Crippen molar-refractivity contribution in [2.24, 2.45) is 5.41 Å². The highest BCUT2D eigenvalue weighted by atomic mass is 32.2. The number of ether oxygens (including phenoxy) is 2. The number of benzene rings is 1. The van der Waals surface area contributed by atoms with Crippen LogP contribution in [0.2, 0.25) is 0 Å². The van der Waals surface area contributed by atoms with Crippen molar-refractivity contribution >= 4 is 38.9 Å². The lowest BCUT2D eigenvalue weighted by molar-refractivity contribution is 0.0418. The maximum atomic E-state index is 13.6. The fraction of sp³-hybridized carbons (Fsp3) is 0.556. The van der Waals surface area contributed by atoms with E-state index in [4.69, 9.17) is 9.47 Å². The third kappa shape index (κ3) is 5.32. The van der Waals surface area contributed by atoms with Crippen LogP contribution in [0, 0.1) is 5.41 Å². The number of sulfonamides is 1. The van der Waals surface area contributed by atoms with Crippen molar-refractivity contribution in [2.45, 2.75) is 44.0 Å². The van der Waals surface area contributed by atoms with Crippen LogP contribution in [-0.2, 0) is 19.5 Å². The molecule has 6 rings (SSSR count). The van der Waals surface area contributed by atoms with Crippen LogP contribution in [0.1, 0.15) is 43.0 Å². The van der Waals surface area contributed by atoms with Crippen molar-refractivity contribution in [1.82, 2.24) is 4.98 Å². The Hall–Kier alpha value is -2.89. The zero-order chi connectivity index (χ0) is 26.3. The Morgan fingerprint density at radius 1 is 1.05 bits per heavy atom. The molecule has 4 heterocycles. The number of carbonyl (C=O) groups is 1. The maximum absolute atomic E-state index is 13.6. The minimum absolute atomic E-state index is 0.124. The van der Waals surface area contributed by atoms with Gasteiger partial charge in [0.1, 0.15) is 16.9 Å². The number of morpholine rings is 1. The topological polar surface area (TPSA) is 113 Å². The van der Waals surface area contributed by atoms with Crippen LogP contribution in [0.3, 0.4) is 0 Å². The molecule has 1 saturated carbocycles. The average molecular weight is 542 g/mol. The average Bonchev–Trinajstić information content (AvgIpc) is 3.61. The molecular formula is C27H35N5O5S. The summed E-state index contributed by atoms with van der Waals surface area (Å²) in [6.07, 6.45) is 4.86. The van der Waals surface area contributed by atoms with E-state index in [2.05, 4.69) is 24.8 Å². The van der Waals surface area contributed by atoms with E-state index < -0.39 is 15.3 Å². The molecule has 1 atom stereocenters. The predicted octanol–water partition coefficient (Wildman–Crippen LogP) is 3.08. The number of hydrogen-bond donors (Lipinski definition) is 2. The van der Waals surface area contributed by atoms with Crippen molar-refractivity contribution in [2.75, 3.05) is 65.8 Å². The zero-order valence-corrected chi connectivity index (χ0v) is 22.5. The minimum atomic E-state index is -3.55. The fourth-order valence-corrected chi connectivity index (χ4v) is 6.64. The summed E-state index contributed by atoms with van der Waals surface area (Å²) in [5.74, 6) is 1.00. The summed E-state index contributed by atoms with van der Waals surface area (Å²) >= 11 is 0. The summed E-state index contributed by atoms with van der Waals surface area (Å²) in [4.78, 5) is 22.6. The van der Waals surface area contributed by atoms with E-state index in [1.54, 1.807) is 24.3 Å². The van der Waals surface area contributed by atoms with Crippen LogP contribution in [0.25, 0.3) is 0 Å². The molecule has 1 aromatic carbocycles. The molecule has 0 radical (unpaired) electrons. The van der Waals surface area contributed by atoms with Crippen LogP contribution >= 0.6 is 0 Å². The monoisotopic (exact) mass is 541 g/mol. The second-order valence-corrected chi connectivity index (χ2v) is 12.9. The Balaban J connectivity index is 1.24. The van der Waals surface area contributed by atoms with Gasteiger partial charge < -0.3 is 24.6 Å². The fourth-order valence-electron chi connectivity index (χ4n) is 5.47. The standard InChI is InChI=1S/C27H35N5O5S/c1-19-16-32(13-14-37-19)25-4-2-3-24(28-25)29-26(33)22-6-5-20(30-38(34,35)21-17-36-18-21)15-23(22)31-11-9-27(7-8-27)10-12-31/h2-6,15,19,21,30H,7-14,16-18H2,1H3,(H,28,29,33)/t19-/m1/s1. The lowest BCUT2D eigenvalue weighted by atomic mass is 9.93. The van der Waals surface area contributed by atoms with Crippen molar-refractivity contribution in [1.29, 1.82) is 0 Å². The molecule has 4 aliphatic rings. The van der Waals surface area contributed by atoms with E-state index in [0.29, 0.717) is 29.1 Å². The van der Waals surface area contributed by atoms with Crippen molar-refractivity contribution in [3.63, 3.8) is 0 Å². The molecule has 1 amide bonds. The summed E-state index contributed by atoms with van der Waals surface area (Å²) in [5, 5.41) is 2.42. The first-order chi connectivity index (χ1) is 18.3. The van der Waals surface area contributed by atoms with Gasteiger partial charge in [-0.05, 0) is 68.4 Å². The van der Waals surface area contributed by atoms with Gasteiger partial charge in [0.2, 0.25) is 10.0 Å². The van der Waals surface area contributed by atoms with Gasteiger partial charge in [0.15, 0.2) is 0 Å². The number of piperidine rings is 1. The summed E-state index contributed by atoms with van der Waals surface area (Å²) in [6.45, 7) is 6.26. The number of carbonyl (C=O) groups excluding carboxylic acids is 1. The molecule has 10 nitrogen and oxygen atoms in total. The summed E-state index contributed by atoms with van der Waals surface area (Å²) in [5.41, 5.74) is 2.17. The smallest absolute Gasteiger partial charge is 0.258 e. The van der Waals surface area contributed by atoms with Crippen molar-refractivity contribution in [3.05, 3.63) is 42.0 Å². The van der Waals surface area contributed by atoms with Gasteiger partial charge in [-0.2, -0.15) is 0 Å². The first-order valence-electron chi connectivity index (χ1n) is 13.4. The molecule has 2 N–H and O–H groups in total. The molecule has 4 fully saturated rings. The highest BCUT2D eigenvalue weighted by Gasteiger charge is 2.44. The van der Waals surface area contributed by atoms with Crippen molar-refractivity contribution in [3.8, 4) is 0 Å². The third-order valence-electron chi connectivity index (χ3n) is 8.21. The largest absolute Gasteiger partial charge is 0.378 e. The van der Waals surface area contributed by atoms with Gasteiger partial charge in [-0.25, -0.2) is 13.4 Å². The molecule has 0 unspecified atom stereocenters. The number of rotatable bonds is 7. The first-order valence-corrected chi connectivity index (χ1v) is 15.0. The Morgan fingerprint density at radius 2 is 1.84 bits per heavy atom. The van der Waals surface area contributed by atoms with Gasteiger partial charge in [-0.3, -0.25) is 9.52 Å². The number of hydrogen-bond acceptors (Lipinski definition) is 8. The van der Waals surface area contributed by atoms with Gasteiger partial charge in [0.05, 0.1) is 42.9 Å². The van der Waals surface area contributed by atoms with E-state index >= 15 is 0 Å². The Kier molecular flexibility index (Phi) is 6.69. The Bertz CT molecular complexity index is 1300. The van der Waals surface area contributed by atoms with E-state index in [0.717, 1.165) is 50.5 Å². The number of amides is 1. The van der Waals surface area contributed by atoms with Crippen LogP contribution in [0.5, 0.6) is 0 Å². The molecule has 38 heavy (non-hydrogen) atoms. The van der Waals surface area contributed by atoms with E-state index in [-0.39, 0.29) is 25.2 Å². The summed E-state index contributed by atoms with van der Waals surface area (Å²) in [7, 11) is -3.55. The highest BCUT2D eigenvalue weighted by Crippen LogP contribution is 2.54. The first kappa shape index (κ1) is 25.4. The molecule has 3 saturated heterocycles.